The van der Waals surface area contributed by atoms with Gasteiger partial charge in [-0.2, -0.15) is 0 Å². The number of carbonyl (C=O) groups excluding carboxylic acids is 1. The number of hydrogen-bond acceptors (Lipinski definition) is 6. The van der Waals surface area contributed by atoms with Crippen molar-refractivity contribution >= 4 is 16.8 Å². The topological polar surface area (TPSA) is 99.7 Å². The van der Waals surface area contributed by atoms with E-state index in [0.717, 1.165) is 43.7 Å². The van der Waals surface area contributed by atoms with Crippen molar-refractivity contribution in [3.63, 3.8) is 0 Å². The molecular formula is C22H33N5O4. The number of amides is 1. The minimum Gasteiger partial charge on any atom is -0.383 e. The molecular weight excluding hydrogens is 398 g/mol. The summed E-state index contributed by atoms with van der Waals surface area (Å²) in [5.74, 6) is -0.209. The molecule has 3 rings (SSSR count). The van der Waals surface area contributed by atoms with Crippen LogP contribution in [0.15, 0.2) is 27.8 Å². The van der Waals surface area contributed by atoms with E-state index in [4.69, 9.17) is 4.74 Å². The molecule has 2 heterocycles. The molecule has 0 atom stereocenters. The molecule has 1 saturated heterocycles. The van der Waals surface area contributed by atoms with Gasteiger partial charge in [0.05, 0.1) is 24.1 Å². The zero-order chi connectivity index (χ0) is 22.2. The fraction of sp³-hybridized carbons (Fsp3) is 0.591. The second kappa shape index (κ2) is 11.2. The maximum atomic E-state index is 12.5. The van der Waals surface area contributed by atoms with Crippen LogP contribution in [-0.2, 0) is 11.3 Å². The molecule has 0 radical (unpaired) electrons. The monoisotopic (exact) mass is 431 g/mol. The highest BCUT2D eigenvalue weighted by atomic mass is 16.5. The quantitative estimate of drug-likeness (QED) is 0.531. The molecule has 0 bridgehead atoms. The number of benzene rings is 1. The Bertz CT molecular complexity index is 992. The normalized spacial score (nSPS) is 15.4. The van der Waals surface area contributed by atoms with Gasteiger partial charge in [-0.1, -0.05) is 6.92 Å². The molecule has 1 aromatic carbocycles. The SMILES string of the molecule is CCCN1CCN(CCCNC(=O)c2ccc3c(=O)n(CCOC)c(=O)[nH]c3c2)CC1. The van der Waals surface area contributed by atoms with Crippen LogP contribution >= 0.6 is 0 Å². The van der Waals surface area contributed by atoms with Gasteiger partial charge in [0.2, 0.25) is 0 Å². The van der Waals surface area contributed by atoms with Crippen LogP contribution in [0.3, 0.4) is 0 Å². The molecule has 0 spiro atoms. The van der Waals surface area contributed by atoms with E-state index in [2.05, 4.69) is 27.0 Å². The van der Waals surface area contributed by atoms with Crippen LogP contribution in [0, 0.1) is 0 Å². The third-order valence-corrected chi connectivity index (χ3v) is 5.70. The van der Waals surface area contributed by atoms with E-state index in [0.29, 0.717) is 23.0 Å². The molecule has 0 saturated carbocycles. The fourth-order valence-electron chi connectivity index (χ4n) is 3.94. The number of aromatic amines is 1. The van der Waals surface area contributed by atoms with Gasteiger partial charge in [-0.3, -0.25) is 14.2 Å². The van der Waals surface area contributed by atoms with Crippen molar-refractivity contribution < 1.29 is 9.53 Å². The van der Waals surface area contributed by atoms with Gasteiger partial charge < -0.3 is 24.8 Å². The average Bonchev–Trinajstić information content (AvgIpc) is 2.77. The number of rotatable bonds is 10. The lowest BCUT2D eigenvalue weighted by molar-refractivity contribution is 0.0948. The lowest BCUT2D eigenvalue weighted by Crippen LogP contribution is -2.47. The maximum Gasteiger partial charge on any atom is 0.328 e. The molecule has 31 heavy (non-hydrogen) atoms. The number of ether oxygens (including phenoxy) is 1. The lowest BCUT2D eigenvalue weighted by Gasteiger charge is -2.34. The number of piperazine rings is 1. The highest BCUT2D eigenvalue weighted by Crippen LogP contribution is 2.09. The number of methoxy groups -OCH3 is 1. The summed E-state index contributed by atoms with van der Waals surface area (Å²) >= 11 is 0. The summed E-state index contributed by atoms with van der Waals surface area (Å²) in [5.41, 5.74) is -0.112. The van der Waals surface area contributed by atoms with Gasteiger partial charge in [0.1, 0.15) is 0 Å². The van der Waals surface area contributed by atoms with E-state index < -0.39 is 5.69 Å². The van der Waals surface area contributed by atoms with E-state index in [-0.39, 0.29) is 24.6 Å². The highest BCUT2D eigenvalue weighted by Gasteiger charge is 2.16. The third-order valence-electron chi connectivity index (χ3n) is 5.70. The van der Waals surface area contributed by atoms with Gasteiger partial charge in [0.15, 0.2) is 0 Å². The van der Waals surface area contributed by atoms with Crippen LogP contribution in [0.4, 0.5) is 0 Å². The summed E-state index contributed by atoms with van der Waals surface area (Å²) in [4.78, 5) is 44.9. The van der Waals surface area contributed by atoms with Crippen LogP contribution in [0.5, 0.6) is 0 Å². The van der Waals surface area contributed by atoms with Crippen LogP contribution < -0.4 is 16.6 Å². The van der Waals surface area contributed by atoms with Gasteiger partial charge in [-0.15, -0.1) is 0 Å². The Hall–Kier alpha value is -2.49. The van der Waals surface area contributed by atoms with Crippen LogP contribution in [0.2, 0.25) is 0 Å². The van der Waals surface area contributed by atoms with Gasteiger partial charge in [0, 0.05) is 45.4 Å². The molecule has 170 valence electrons. The van der Waals surface area contributed by atoms with Crippen molar-refractivity contribution in [2.45, 2.75) is 26.3 Å². The number of nitrogens with one attached hydrogen (secondary N) is 2. The Morgan fingerprint density at radius 3 is 2.48 bits per heavy atom. The Kier molecular flexibility index (Phi) is 8.39. The molecule has 1 fully saturated rings. The lowest BCUT2D eigenvalue weighted by atomic mass is 10.1. The largest absolute Gasteiger partial charge is 0.383 e. The molecule has 9 nitrogen and oxygen atoms in total. The summed E-state index contributed by atoms with van der Waals surface area (Å²) in [5, 5.41) is 3.30. The van der Waals surface area contributed by atoms with Crippen LogP contribution in [0.1, 0.15) is 30.1 Å². The summed E-state index contributed by atoms with van der Waals surface area (Å²) in [6, 6.07) is 4.76. The van der Waals surface area contributed by atoms with E-state index in [1.807, 2.05) is 0 Å². The van der Waals surface area contributed by atoms with E-state index in [9.17, 15) is 14.4 Å². The van der Waals surface area contributed by atoms with Crippen molar-refractivity contribution in [1.82, 2.24) is 24.7 Å². The molecule has 0 aliphatic carbocycles. The number of aromatic nitrogens is 2. The second-order valence-corrected chi connectivity index (χ2v) is 7.93. The Morgan fingerprint density at radius 2 is 1.81 bits per heavy atom. The minimum absolute atomic E-state index is 0.177. The summed E-state index contributed by atoms with van der Waals surface area (Å²) in [6.45, 7) is 9.75. The molecule has 1 aliphatic rings. The molecule has 1 aliphatic heterocycles. The highest BCUT2D eigenvalue weighted by molar-refractivity contribution is 5.97. The molecule has 1 amide bonds. The van der Waals surface area contributed by atoms with Crippen molar-refractivity contribution in [3.05, 3.63) is 44.6 Å². The smallest absolute Gasteiger partial charge is 0.328 e. The van der Waals surface area contributed by atoms with Crippen molar-refractivity contribution in [2.75, 3.05) is 59.5 Å². The van der Waals surface area contributed by atoms with Crippen molar-refractivity contribution in [1.29, 1.82) is 0 Å². The fourth-order valence-corrected chi connectivity index (χ4v) is 3.94. The second-order valence-electron chi connectivity index (χ2n) is 7.93. The third kappa shape index (κ3) is 6.03. The first-order valence-electron chi connectivity index (χ1n) is 11.0. The van der Waals surface area contributed by atoms with Crippen molar-refractivity contribution in [2.24, 2.45) is 0 Å². The number of carbonyl (C=O) groups is 1. The van der Waals surface area contributed by atoms with E-state index in [1.54, 1.807) is 18.2 Å². The Morgan fingerprint density at radius 1 is 1.10 bits per heavy atom. The summed E-state index contributed by atoms with van der Waals surface area (Å²) in [7, 11) is 1.51. The van der Waals surface area contributed by atoms with E-state index in [1.165, 1.54) is 20.1 Å². The van der Waals surface area contributed by atoms with Crippen molar-refractivity contribution in [3.8, 4) is 0 Å². The predicted molar refractivity (Wildman–Crippen MR) is 121 cm³/mol. The Labute approximate surface area is 182 Å². The van der Waals surface area contributed by atoms with Gasteiger partial charge >= 0.3 is 5.69 Å². The molecule has 1 aromatic heterocycles. The van der Waals surface area contributed by atoms with E-state index >= 15 is 0 Å². The first-order valence-corrected chi connectivity index (χ1v) is 11.0. The summed E-state index contributed by atoms with van der Waals surface area (Å²) < 4.78 is 6.05. The summed E-state index contributed by atoms with van der Waals surface area (Å²) in [6.07, 6.45) is 2.08. The van der Waals surface area contributed by atoms with Gasteiger partial charge in [-0.05, 0) is 44.1 Å². The number of nitrogens with zero attached hydrogens (tertiary/aromatic N) is 3. The van der Waals surface area contributed by atoms with Crippen LogP contribution in [-0.4, -0.2) is 84.8 Å². The number of H-pyrrole nitrogens is 1. The first-order chi connectivity index (χ1) is 15.0. The zero-order valence-electron chi connectivity index (χ0n) is 18.5. The molecule has 2 aromatic rings. The minimum atomic E-state index is -0.508. The maximum absolute atomic E-state index is 12.5. The Balaban J connectivity index is 1.53. The first kappa shape index (κ1) is 23.2. The van der Waals surface area contributed by atoms with Gasteiger partial charge in [0.25, 0.3) is 11.5 Å². The number of hydrogen-bond donors (Lipinski definition) is 2. The van der Waals surface area contributed by atoms with Crippen LogP contribution in [0.25, 0.3) is 10.9 Å². The molecule has 2 N–H and O–H groups in total. The number of fused-ring (bicyclic) bond motifs is 1. The average molecular weight is 432 g/mol. The standard InChI is InChI=1S/C22H33N5O4/c1-3-8-25-10-12-26(13-11-25)9-4-7-23-20(28)17-5-6-18-19(16-17)24-22(30)27(21(18)29)14-15-31-2/h5-6,16H,3-4,7-15H2,1-2H3,(H,23,28)(H,24,30). The molecule has 9 heteroatoms. The van der Waals surface area contributed by atoms with Gasteiger partial charge in [-0.25, -0.2) is 4.79 Å². The predicted octanol–water partition coefficient (Wildman–Crippen LogP) is 0.484. The molecule has 0 unspecified atom stereocenters. The zero-order valence-corrected chi connectivity index (χ0v) is 18.5.